The molecule has 0 bridgehead atoms. The molecule has 2 aromatic carbocycles. The lowest BCUT2D eigenvalue weighted by atomic mass is 10.2. The molecule has 1 aromatic heterocycles. The third kappa shape index (κ3) is 4.66. The molecule has 0 aliphatic carbocycles. The first kappa shape index (κ1) is 20.2. The number of nitrogen functional groups attached to an aromatic ring is 1. The van der Waals surface area contributed by atoms with Crippen LogP contribution in [0.15, 0.2) is 58.8 Å². The molecule has 3 N–H and O–H groups in total. The molecule has 10 heteroatoms. The number of nitriles is 1. The van der Waals surface area contributed by atoms with Gasteiger partial charge in [0, 0.05) is 18.3 Å². The van der Waals surface area contributed by atoms with E-state index in [-0.39, 0.29) is 27.7 Å². The Hall–Kier alpha value is -3.54. The standard InChI is InChI=1S/C19H14Cl2N8/c1-29(19-25-16(20)15(10-22)17(21)26-19)14-8-6-13(7-9-14)28-27-12-4-2-11(3-5-12)18(23)24/h2-9H,1H3,(H3,23,24). The van der Waals surface area contributed by atoms with Crippen molar-refractivity contribution in [1.29, 1.82) is 10.7 Å². The van der Waals surface area contributed by atoms with Crippen LogP contribution in [-0.4, -0.2) is 22.9 Å². The SMILES string of the molecule is CN(c1ccc(N=Nc2ccc(C(=N)N)cc2)cc1)c1nc(Cl)c(C#N)c(Cl)n1. The van der Waals surface area contributed by atoms with Gasteiger partial charge in [0.15, 0.2) is 10.3 Å². The van der Waals surface area contributed by atoms with Crippen LogP contribution in [0.2, 0.25) is 10.3 Å². The summed E-state index contributed by atoms with van der Waals surface area (Å²) in [7, 11) is 1.75. The molecule has 3 rings (SSSR count). The summed E-state index contributed by atoms with van der Waals surface area (Å²) in [5, 5.41) is 24.7. The Morgan fingerprint density at radius 3 is 1.93 bits per heavy atom. The zero-order chi connectivity index (χ0) is 21.0. The van der Waals surface area contributed by atoms with E-state index in [1.807, 2.05) is 18.2 Å². The first-order valence-corrected chi connectivity index (χ1v) is 8.97. The van der Waals surface area contributed by atoms with Gasteiger partial charge in [0.2, 0.25) is 5.95 Å². The fourth-order valence-corrected chi connectivity index (χ4v) is 2.78. The van der Waals surface area contributed by atoms with E-state index in [0.29, 0.717) is 16.9 Å². The van der Waals surface area contributed by atoms with E-state index in [1.165, 1.54) is 0 Å². The summed E-state index contributed by atoms with van der Waals surface area (Å²) in [4.78, 5) is 9.89. The van der Waals surface area contributed by atoms with Gasteiger partial charge >= 0.3 is 0 Å². The molecule has 0 radical (unpaired) electrons. The summed E-state index contributed by atoms with van der Waals surface area (Å²) < 4.78 is 0. The van der Waals surface area contributed by atoms with E-state index in [0.717, 1.165) is 5.69 Å². The predicted molar refractivity (Wildman–Crippen MR) is 113 cm³/mol. The molecular formula is C19H14Cl2N8. The zero-order valence-corrected chi connectivity index (χ0v) is 16.6. The molecule has 29 heavy (non-hydrogen) atoms. The van der Waals surface area contributed by atoms with Gasteiger partial charge in [0.05, 0.1) is 11.4 Å². The normalized spacial score (nSPS) is 10.7. The van der Waals surface area contributed by atoms with Gasteiger partial charge in [-0.15, -0.1) is 0 Å². The van der Waals surface area contributed by atoms with Crippen LogP contribution in [0.1, 0.15) is 11.1 Å². The quantitative estimate of drug-likeness (QED) is 0.254. The van der Waals surface area contributed by atoms with Crippen LogP contribution in [0.4, 0.5) is 23.0 Å². The molecule has 1 heterocycles. The Bertz CT molecular complexity index is 1100. The van der Waals surface area contributed by atoms with E-state index in [2.05, 4.69) is 20.2 Å². The van der Waals surface area contributed by atoms with Gasteiger partial charge in [-0.3, -0.25) is 5.41 Å². The topological polar surface area (TPSA) is 127 Å². The van der Waals surface area contributed by atoms with E-state index in [1.54, 1.807) is 48.3 Å². The number of amidine groups is 1. The van der Waals surface area contributed by atoms with Crippen LogP contribution in [0.25, 0.3) is 0 Å². The van der Waals surface area contributed by atoms with Crippen LogP contribution in [0, 0.1) is 16.7 Å². The highest BCUT2D eigenvalue weighted by atomic mass is 35.5. The molecule has 0 saturated carbocycles. The molecular weight excluding hydrogens is 411 g/mol. The second-order valence-corrected chi connectivity index (χ2v) is 6.54. The average molecular weight is 425 g/mol. The summed E-state index contributed by atoms with van der Waals surface area (Å²) in [6, 6.07) is 16.0. The molecule has 0 spiro atoms. The van der Waals surface area contributed by atoms with E-state index in [9.17, 15) is 0 Å². The van der Waals surface area contributed by atoms with Crippen molar-refractivity contribution in [3.8, 4) is 6.07 Å². The number of nitrogens with zero attached hydrogens (tertiary/aromatic N) is 6. The maximum absolute atomic E-state index is 9.00. The highest BCUT2D eigenvalue weighted by Crippen LogP contribution is 2.28. The lowest BCUT2D eigenvalue weighted by molar-refractivity contribution is 1.04. The summed E-state index contributed by atoms with van der Waals surface area (Å²) >= 11 is 12.0. The van der Waals surface area contributed by atoms with Crippen molar-refractivity contribution in [2.24, 2.45) is 16.0 Å². The highest BCUT2D eigenvalue weighted by molar-refractivity contribution is 6.35. The van der Waals surface area contributed by atoms with Crippen molar-refractivity contribution in [3.05, 3.63) is 70.0 Å². The Morgan fingerprint density at radius 1 is 1.00 bits per heavy atom. The number of nitrogens with one attached hydrogen (secondary N) is 1. The predicted octanol–water partition coefficient (Wildman–Crippen LogP) is 5.12. The number of nitrogens with two attached hydrogens (primary N) is 1. The molecule has 0 saturated heterocycles. The first-order chi connectivity index (χ1) is 13.9. The molecule has 8 nitrogen and oxygen atoms in total. The van der Waals surface area contributed by atoms with Gasteiger partial charge in [0.1, 0.15) is 17.5 Å². The summed E-state index contributed by atoms with van der Waals surface area (Å²) in [6.07, 6.45) is 0. The van der Waals surface area contributed by atoms with Crippen molar-refractivity contribution in [2.45, 2.75) is 0 Å². The van der Waals surface area contributed by atoms with Crippen molar-refractivity contribution in [3.63, 3.8) is 0 Å². The van der Waals surface area contributed by atoms with Gasteiger partial charge < -0.3 is 10.6 Å². The number of halogens is 2. The average Bonchev–Trinajstić information content (AvgIpc) is 2.72. The fraction of sp³-hybridized carbons (Fsp3) is 0.0526. The number of rotatable bonds is 5. The molecule has 0 fully saturated rings. The van der Waals surface area contributed by atoms with Gasteiger partial charge in [-0.05, 0) is 48.5 Å². The van der Waals surface area contributed by atoms with Gasteiger partial charge in [0.25, 0.3) is 0 Å². The van der Waals surface area contributed by atoms with Crippen molar-refractivity contribution in [1.82, 2.24) is 9.97 Å². The number of azo groups is 1. The minimum absolute atomic E-state index is 0.00187. The number of aromatic nitrogens is 2. The third-order valence-corrected chi connectivity index (χ3v) is 4.46. The van der Waals surface area contributed by atoms with Crippen LogP contribution < -0.4 is 10.6 Å². The van der Waals surface area contributed by atoms with Crippen molar-refractivity contribution < 1.29 is 0 Å². The third-order valence-electron chi connectivity index (χ3n) is 3.92. The summed E-state index contributed by atoms with van der Waals surface area (Å²) in [6.45, 7) is 0. The fourth-order valence-electron chi connectivity index (χ4n) is 2.32. The summed E-state index contributed by atoms with van der Waals surface area (Å²) in [5.41, 5.74) is 8.16. The largest absolute Gasteiger partial charge is 0.384 e. The number of hydrogen-bond acceptors (Lipinski definition) is 7. The second-order valence-electron chi connectivity index (χ2n) is 5.83. The molecule has 144 valence electrons. The summed E-state index contributed by atoms with van der Waals surface area (Å²) in [5.74, 6) is 0.265. The zero-order valence-electron chi connectivity index (χ0n) is 15.1. The lowest BCUT2D eigenvalue weighted by Gasteiger charge is -2.17. The second kappa shape index (κ2) is 8.65. The van der Waals surface area contributed by atoms with Crippen LogP contribution in [-0.2, 0) is 0 Å². The Labute approximate surface area is 176 Å². The number of anilines is 2. The van der Waals surface area contributed by atoms with Gasteiger partial charge in [-0.25, -0.2) is 0 Å². The monoisotopic (exact) mass is 424 g/mol. The van der Waals surface area contributed by atoms with E-state index < -0.39 is 0 Å². The molecule has 0 aliphatic rings. The Kier molecular flexibility index (Phi) is 6.02. The lowest BCUT2D eigenvalue weighted by Crippen LogP contribution is -2.13. The smallest absolute Gasteiger partial charge is 0.232 e. The van der Waals surface area contributed by atoms with Crippen LogP contribution >= 0.6 is 23.2 Å². The molecule has 0 unspecified atom stereocenters. The van der Waals surface area contributed by atoms with Crippen LogP contribution in [0.5, 0.6) is 0 Å². The molecule has 0 aliphatic heterocycles. The Balaban J connectivity index is 1.76. The highest BCUT2D eigenvalue weighted by Gasteiger charge is 2.15. The van der Waals surface area contributed by atoms with E-state index >= 15 is 0 Å². The van der Waals surface area contributed by atoms with E-state index in [4.69, 9.17) is 39.6 Å². The molecule has 3 aromatic rings. The molecule has 0 amide bonds. The van der Waals surface area contributed by atoms with Gasteiger partial charge in [-0.1, -0.05) is 23.2 Å². The van der Waals surface area contributed by atoms with Gasteiger partial charge in [-0.2, -0.15) is 25.5 Å². The first-order valence-electron chi connectivity index (χ1n) is 8.22. The van der Waals surface area contributed by atoms with Crippen molar-refractivity contribution >= 4 is 52.0 Å². The maximum atomic E-state index is 9.00. The maximum Gasteiger partial charge on any atom is 0.232 e. The number of hydrogen-bond donors (Lipinski definition) is 2. The Morgan fingerprint density at radius 2 is 1.48 bits per heavy atom. The number of benzene rings is 2. The van der Waals surface area contributed by atoms with Crippen molar-refractivity contribution in [2.75, 3.05) is 11.9 Å². The molecule has 0 atom stereocenters. The minimum Gasteiger partial charge on any atom is -0.384 e. The van der Waals surface area contributed by atoms with Crippen LogP contribution in [0.3, 0.4) is 0 Å². The minimum atomic E-state index is -0.00411.